The van der Waals surface area contributed by atoms with Gasteiger partial charge in [0.25, 0.3) is 0 Å². The Bertz CT molecular complexity index is 1010. The largest absolute Gasteiger partial charge is 0.453 e. The van der Waals surface area contributed by atoms with Crippen LogP contribution in [0.3, 0.4) is 0 Å². The third kappa shape index (κ3) is 8.14. The smallest absolute Gasteiger partial charge is 0.407 e. The van der Waals surface area contributed by atoms with E-state index in [4.69, 9.17) is 15.2 Å². The van der Waals surface area contributed by atoms with Gasteiger partial charge in [-0.15, -0.1) is 0 Å². The Hall–Kier alpha value is -2.73. The van der Waals surface area contributed by atoms with Gasteiger partial charge in [-0.25, -0.2) is 4.79 Å². The van der Waals surface area contributed by atoms with Crippen molar-refractivity contribution in [3.8, 4) is 0 Å². The van der Waals surface area contributed by atoms with Gasteiger partial charge in [-0.2, -0.15) is 0 Å². The molecule has 3 rings (SSSR count). The van der Waals surface area contributed by atoms with Gasteiger partial charge < -0.3 is 35.8 Å². The summed E-state index contributed by atoms with van der Waals surface area (Å²) in [4.78, 5) is 42.0. The predicted molar refractivity (Wildman–Crippen MR) is 148 cm³/mol. The zero-order valence-electron chi connectivity index (χ0n) is 23.9. The van der Waals surface area contributed by atoms with Crippen molar-refractivity contribution in [2.45, 2.75) is 70.7 Å². The third-order valence-electron chi connectivity index (χ3n) is 7.70. The molecule has 2 aliphatic heterocycles. The summed E-state index contributed by atoms with van der Waals surface area (Å²) in [5.74, 6) is -0.268. The van der Waals surface area contributed by atoms with Crippen molar-refractivity contribution in [2.75, 3.05) is 51.4 Å². The lowest BCUT2D eigenvalue weighted by molar-refractivity contribution is -0.135. The summed E-state index contributed by atoms with van der Waals surface area (Å²) in [6, 6.07) is 6.75. The number of alkyl carbamates (subject to hydrolysis) is 1. The lowest BCUT2D eigenvalue weighted by Crippen LogP contribution is -2.59. The van der Waals surface area contributed by atoms with Crippen molar-refractivity contribution in [3.63, 3.8) is 0 Å². The van der Waals surface area contributed by atoms with Gasteiger partial charge in [0.2, 0.25) is 11.8 Å². The second-order valence-electron chi connectivity index (χ2n) is 11.8. The van der Waals surface area contributed by atoms with Gasteiger partial charge in [0, 0.05) is 44.3 Å². The molecule has 39 heavy (non-hydrogen) atoms. The molecule has 3 atom stereocenters. The van der Waals surface area contributed by atoms with Crippen LogP contribution in [-0.4, -0.2) is 98.1 Å². The van der Waals surface area contributed by atoms with E-state index in [0.29, 0.717) is 45.7 Å². The SMILES string of the molecule is COC(=O)NC1Cc2ccccc2N(C(=O)CC(C)(C)C[C@H](N)[C@@H](O)CNC(=O)C(C)(C)N2CCOCC2)C1. The second kappa shape index (κ2) is 13.1. The lowest BCUT2D eigenvalue weighted by atomic mass is 9.80. The number of morpholine rings is 1. The lowest BCUT2D eigenvalue weighted by Gasteiger charge is -2.39. The maximum Gasteiger partial charge on any atom is 0.407 e. The topological polar surface area (TPSA) is 146 Å². The molecule has 0 radical (unpaired) electrons. The highest BCUT2D eigenvalue weighted by atomic mass is 16.5. The van der Waals surface area contributed by atoms with Crippen molar-refractivity contribution < 1.29 is 29.0 Å². The monoisotopic (exact) mass is 547 g/mol. The number of carbonyl (C=O) groups is 3. The fourth-order valence-corrected chi connectivity index (χ4v) is 5.34. The Morgan fingerprint density at radius 1 is 1.18 bits per heavy atom. The molecule has 3 amide bonds. The summed E-state index contributed by atoms with van der Waals surface area (Å²) in [7, 11) is 1.31. The van der Waals surface area contributed by atoms with Crippen LogP contribution in [0.5, 0.6) is 0 Å². The number of fused-ring (bicyclic) bond motifs is 1. The number of ether oxygens (including phenoxy) is 2. The Kier molecular flexibility index (Phi) is 10.3. The molecule has 0 aliphatic carbocycles. The first-order chi connectivity index (χ1) is 18.3. The van der Waals surface area contributed by atoms with E-state index in [1.165, 1.54) is 7.11 Å². The Morgan fingerprint density at radius 2 is 1.85 bits per heavy atom. The average molecular weight is 548 g/mol. The normalized spacial score (nSPS) is 20.0. The fourth-order valence-electron chi connectivity index (χ4n) is 5.34. The van der Waals surface area contributed by atoms with Crippen LogP contribution >= 0.6 is 0 Å². The highest BCUT2D eigenvalue weighted by molar-refractivity contribution is 5.95. The molecule has 0 spiro atoms. The first kappa shape index (κ1) is 30.8. The molecule has 1 unspecified atom stereocenters. The average Bonchev–Trinajstić information content (AvgIpc) is 2.90. The van der Waals surface area contributed by atoms with Crippen LogP contribution in [-0.2, 0) is 25.5 Å². The van der Waals surface area contributed by atoms with Gasteiger partial charge in [0.05, 0.1) is 38.0 Å². The zero-order valence-corrected chi connectivity index (χ0v) is 23.9. The molecule has 11 nitrogen and oxygen atoms in total. The number of rotatable bonds is 10. The van der Waals surface area contributed by atoms with E-state index in [1.807, 2.05) is 52.0 Å². The van der Waals surface area contributed by atoms with Crippen LogP contribution in [0.4, 0.5) is 10.5 Å². The summed E-state index contributed by atoms with van der Waals surface area (Å²) >= 11 is 0. The van der Waals surface area contributed by atoms with Gasteiger partial charge in [0.1, 0.15) is 0 Å². The number of nitrogens with two attached hydrogens (primary N) is 1. The van der Waals surface area contributed by atoms with Crippen LogP contribution in [0.25, 0.3) is 0 Å². The van der Waals surface area contributed by atoms with Gasteiger partial charge >= 0.3 is 6.09 Å². The van der Waals surface area contributed by atoms with Gasteiger partial charge in [-0.05, 0) is 43.7 Å². The maximum atomic E-state index is 13.5. The Balaban J connectivity index is 1.56. The van der Waals surface area contributed by atoms with Crippen molar-refractivity contribution in [2.24, 2.45) is 11.1 Å². The molecule has 1 aromatic carbocycles. The summed E-state index contributed by atoms with van der Waals surface area (Å²) in [6.07, 6.45) is -0.324. The number of aliphatic hydroxyl groups is 1. The number of methoxy groups -OCH3 is 1. The van der Waals surface area contributed by atoms with Gasteiger partial charge in [-0.3, -0.25) is 14.5 Å². The molecule has 2 heterocycles. The Labute approximate surface area is 231 Å². The van der Waals surface area contributed by atoms with E-state index in [9.17, 15) is 19.5 Å². The molecule has 0 bridgehead atoms. The van der Waals surface area contributed by atoms with Crippen molar-refractivity contribution in [1.29, 1.82) is 0 Å². The van der Waals surface area contributed by atoms with Crippen LogP contribution in [0.2, 0.25) is 0 Å². The molecular formula is C28H45N5O6. The van der Waals surface area contributed by atoms with Crippen LogP contribution in [0.1, 0.15) is 46.1 Å². The minimum atomic E-state index is -0.965. The molecule has 1 fully saturated rings. The van der Waals surface area contributed by atoms with E-state index in [-0.39, 0.29) is 30.8 Å². The van der Waals surface area contributed by atoms with E-state index in [0.717, 1.165) is 11.3 Å². The number of benzene rings is 1. The highest BCUT2D eigenvalue weighted by Gasteiger charge is 2.37. The van der Waals surface area contributed by atoms with Crippen LogP contribution in [0.15, 0.2) is 24.3 Å². The van der Waals surface area contributed by atoms with Crippen LogP contribution < -0.4 is 21.3 Å². The summed E-state index contributed by atoms with van der Waals surface area (Å²) in [6.45, 7) is 10.5. The van der Waals surface area contributed by atoms with Crippen LogP contribution in [0, 0.1) is 5.41 Å². The molecule has 0 aromatic heterocycles. The molecule has 11 heteroatoms. The highest BCUT2D eigenvalue weighted by Crippen LogP contribution is 2.32. The van der Waals surface area contributed by atoms with E-state index in [1.54, 1.807) is 4.90 Å². The van der Waals surface area contributed by atoms with Crippen molar-refractivity contribution in [1.82, 2.24) is 15.5 Å². The number of aliphatic hydroxyl groups excluding tert-OH is 1. The number of hydrogen-bond donors (Lipinski definition) is 4. The number of para-hydroxylation sites is 1. The number of hydrogen-bond acceptors (Lipinski definition) is 8. The van der Waals surface area contributed by atoms with E-state index >= 15 is 0 Å². The van der Waals surface area contributed by atoms with E-state index < -0.39 is 29.2 Å². The summed E-state index contributed by atoms with van der Waals surface area (Å²) in [5, 5.41) is 16.4. The quantitative estimate of drug-likeness (QED) is 0.340. The molecule has 218 valence electrons. The fraction of sp³-hybridized carbons (Fsp3) is 0.679. The summed E-state index contributed by atoms with van der Waals surface area (Å²) in [5.41, 5.74) is 6.90. The van der Waals surface area contributed by atoms with Gasteiger partial charge in [0.15, 0.2) is 0 Å². The maximum absolute atomic E-state index is 13.5. The number of carbonyl (C=O) groups excluding carboxylic acids is 3. The second-order valence-corrected chi connectivity index (χ2v) is 11.8. The molecule has 5 N–H and O–H groups in total. The molecule has 2 aliphatic rings. The molecule has 1 aromatic rings. The van der Waals surface area contributed by atoms with E-state index in [2.05, 4.69) is 15.5 Å². The standard InChI is InChI=1S/C28H45N5O6/c1-27(2,15-21(29)23(34)17-30-25(36)28(3,4)32-10-12-39-13-11-32)16-24(35)33-18-20(31-26(37)38-5)14-19-8-6-7-9-22(19)33/h6-9,20-21,23,34H,10-18,29H2,1-5H3,(H,30,36)(H,31,37)/t20?,21-,23-/m0/s1. The molecular weight excluding hydrogens is 502 g/mol. The third-order valence-corrected chi connectivity index (χ3v) is 7.70. The van der Waals surface area contributed by atoms with Crippen molar-refractivity contribution in [3.05, 3.63) is 29.8 Å². The molecule has 0 saturated carbocycles. The number of anilines is 1. The summed E-state index contributed by atoms with van der Waals surface area (Å²) < 4.78 is 10.1. The number of amides is 3. The number of nitrogens with one attached hydrogen (secondary N) is 2. The first-order valence-corrected chi connectivity index (χ1v) is 13.6. The van der Waals surface area contributed by atoms with Crippen molar-refractivity contribution >= 4 is 23.6 Å². The zero-order chi connectivity index (χ0) is 28.8. The molecule has 1 saturated heterocycles. The Morgan fingerprint density at radius 3 is 2.51 bits per heavy atom. The number of nitrogens with zero attached hydrogens (tertiary/aromatic N) is 2. The minimum Gasteiger partial charge on any atom is -0.453 e. The predicted octanol–water partition coefficient (Wildman–Crippen LogP) is 1.02. The van der Waals surface area contributed by atoms with Gasteiger partial charge in [-0.1, -0.05) is 32.0 Å². The first-order valence-electron chi connectivity index (χ1n) is 13.6. The minimum absolute atomic E-state index is 0.0260.